The molecule has 0 saturated carbocycles. The summed E-state index contributed by atoms with van der Waals surface area (Å²) in [6, 6.07) is 0. The molecule has 50 valence electrons. The van der Waals surface area contributed by atoms with Crippen LogP contribution in [0.3, 0.4) is 0 Å². The Morgan fingerprint density at radius 1 is 1.44 bits per heavy atom. The molecular formula is C8H12O. The van der Waals surface area contributed by atoms with E-state index in [-0.39, 0.29) is 5.76 Å². The molecule has 0 aliphatic carbocycles. The number of hydrogen-bond acceptors (Lipinski definition) is 1. The second kappa shape index (κ2) is 3.13. The zero-order valence-electron chi connectivity index (χ0n) is 5.94. The Morgan fingerprint density at radius 2 is 1.89 bits per heavy atom. The van der Waals surface area contributed by atoms with Crippen molar-refractivity contribution in [2.24, 2.45) is 0 Å². The molecule has 0 rings (SSSR count). The molecule has 0 aliphatic heterocycles. The minimum Gasteiger partial charge on any atom is -0.508 e. The molecule has 0 spiro atoms. The standard InChI is InChI=1S/C8H12O/c1-5-8(9)7(4)6(2)3/h5,9H,1-2H2,3-4H3/b8-7+. The van der Waals surface area contributed by atoms with Crippen LogP contribution in [0.15, 0.2) is 36.1 Å². The van der Waals surface area contributed by atoms with Crippen LogP contribution in [-0.2, 0) is 0 Å². The van der Waals surface area contributed by atoms with Gasteiger partial charge in [0.2, 0.25) is 0 Å². The molecule has 0 bridgehead atoms. The Hall–Kier alpha value is -0.980. The van der Waals surface area contributed by atoms with Crippen LogP contribution in [0.2, 0.25) is 0 Å². The highest BCUT2D eigenvalue weighted by Gasteiger charge is 1.93. The minimum atomic E-state index is 0.211. The van der Waals surface area contributed by atoms with Crippen molar-refractivity contribution in [3.63, 3.8) is 0 Å². The summed E-state index contributed by atoms with van der Waals surface area (Å²) < 4.78 is 0. The van der Waals surface area contributed by atoms with Crippen molar-refractivity contribution in [1.82, 2.24) is 0 Å². The van der Waals surface area contributed by atoms with E-state index in [4.69, 9.17) is 5.11 Å². The van der Waals surface area contributed by atoms with Gasteiger partial charge in [0.15, 0.2) is 0 Å². The van der Waals surface area contributed by atoms with Gasteiger partial charge in [-0.2, -0.15) is 0 Å². The van der Waals surface area contributed by atoms with Crippen molar-refractivity contribution in [3.8, 4) is 0 Å². The summed E-state index contributed by atoms with van der Waals surface area (Å²) in [6.45, 7) is 10.7. The zero-order valence-corrected chi connectivity index (χ0v) is 5.94. The fraction of sp³-hybridized carbons (Fsp3) is 0.250. The van der Waals surface area contributed by atoms with Crippen molar-refractivity contribution in [2.45, 2.75) is 13.8 Å². The molecule has 0 saturated heterocycles. The normalized spacial score (nSPS) is 12.2. The average Bonchev–Trinajstić information content (AvgIpc) is 1.84. The third-order valence-corrected chi connectivity index (χ3v) is 1.22. The minimum absolute atomic E-state index is 0.211. The highest BCUT2D eigenvalue weighted by atomic mass is 16.3. The van der Waals surface area contributed by atoms with E-state index in [1.165, 1.54) is 6.08 Å². The van der Waals surface area contributed by atoms with Gasteiger partial charge in [-0.15, -0.1) is 0 Å². The number of aliphatic hydroxyl groups excluding tert-OH is 1. The fourth-order valence-electron chi connectivity index (χ4n) is 0.372. The summed E-state index contributed by atoms with van der Waals surface area (Å²) in [7, 11) is 0. The van der Waals surface area contributed by atoms with E-state index in [2.05, 4.69) is 13.2 Å². The van der Waals surface area contributed by atoms with Crippen LogP contribution in [0.1, 0.15) is 13.8 Å². The molecule has 0 aromatic heterocycles. The van der Waals surface area contributed by atoms with E-state index in [9.17, 15) is 0 Å². The van der Waals surface area contributed by atoms with Crippen molar-refractivity contribution in [1.29, 1.82) is 0 Å². The van der Waals surface area contributed by atoms with Crippen LogP contribution >= 0.6 is 0 Å². The number of hydrogen-bond donors (Lipinski definition) is 1. The first-order valence-electron chi connectivity index (χ1n) is 2.77. The monoisotopic (exact) mass is 124 g/mol. The molecule has 0 fully saturated rings. The first kappa shape index (κ1) is 8.02. The number of allylic oxidation sites excluding steroid dienone is 3. The Morgan fingerprint density at radius 3 is 2.00 bits per heavy atom. The molecule has 0 aromatic carbocycles. The van der Waals surface area contributed by atoms with Crippen LogP contribution in [0, 0.1) is 0 Å². The molecule has 0 heterocycles. The first-order chi connectivity index (χ1) is 4.09. The van der Waals surface area contributed by atoms with Crippen molar-refractivity contribution >= 4 is 0 Å². The Kier molecular flexibility index (Phi) is 2.79. The van der Waals surface area contributed by atoms with Gasteiger partial charge >= 0.3 is 0 Å². The van der Waals surface area contributed by atoms with Crippen molar-refractivity contribution in [2.75, 3.05) is 0 Å². The SMILES string of the molecule is C=C/C(O)=C(/C)C(=C)C. The highest BCUT2D eigenvalue weighted by Crippen LogP contribution is 2.09. The van der Waals surface area contributed by atoms with Crippen LogP contribution in [-0.4, -0.2) is 5.11 Å². The lowest BCUT2D eigenvalue weighted by Crippen LogP contribution is -1.83. The Bertz CT molecular complexity index is 163. The molecule has 1 nitrogen and oxygen atoms in total. The van der Waals surface area contributed by atoms with Gasteiger partial charge in [-0.05, 0) is 25.5 Å². The fourth-order valence-corrected chi connectivity index (χ4v) is 0.372. The molecular weight excluding hydrogens is 112 g/mol. The lowest BCUT2D eigenvalue weighted by molar-refractivity contribution is 0.427. The maximum atomic E-state index is 9.00. The van der Waals surface area contributed by atoms with E-state index in [0.717, 1.165) is 11.1 Å². The van der Waals surface area contributed by atoms with E-state index in [1.54, 1.807) is 6.92 Å². The first-order valence-corrected chi connectivity index (χ1v) is 2.77. The van der Waals surface area contributed by atoms with Gasteiger partial charge in [-0.25, -0.2) is 0 Å². The summed E-state index contributed by atoms with van der Waals surface area (Å²) >= 11 is 0. The van der Waals surface area contributed by atoms with Gasteiger partial charge in [0.25, 0.3) is 0 Å². The summed E-state index contributed by atoms with van der Waals surface area (Å²) in [5.74, 6) is 0.211. The van der Waals surface area contributed by atoms with Crippen molar-refractivity contribution in [3.05, 3.63) is 36.1 Å². The lowest BCUT2D eigenvalue weighted by atomic mass is 10.1. The Labute approximate surface area is 56.0 Å². The molecule has 1 heteroatoms. The molecule has 0 atom stereocenters. The van der Waals surface area contributed by atoms with Crippen LogP contribution in [0.5, 0.6) is 0 Å². The van der Waals surface area contributed by atoms with Gasteiger partial charge in [0.1, 0.15) is 5.76 Å². The smallest absolute Gasteiger partial charge is 0.118 e. The zero-order chi connectivity index (χ0) is 7.44. The molecule has 0 radical (unpaired) electrons. The van der Waals surface area contributed by atoms with Gasteiger partial charge in [-0.3, -0.25) is 0 Å². The summed E-state index contributed by atoms with van der Waals surface area (Å²) in [6.07, 6.45) is 1.41. The maximum absolute atomic E-state index is 9.00. The topological polar surface area (TPSA) is 20.2 Å². The lowest BCUT2D eigenvalue weighted by Gasteiger charge is -1.98. The molecule has 0 amide bonds. The van der Waals surface area contributed by atoms with Crippen LogP contribution in [0.4, 0.5) is 0 Å². The predicted molar refractivity (Wildman–Crippen MR) is 40.3 cm³/mol. The van der Waals surface area contributed by atoms with E-state index < -0.39 is 0 Å². The quantitative estimate of drug-likeness (QED) is 0.443. The van der Waals surface area contributed by atoms with E-state index in [1.807, 2.05) is 6.92 Å². The largest absolute Gasteiger partial charge is 0.508 e. The maximum Gasteiger partial charge on any atom is 0.118 e. The highest BCUT2D eigenvalue weighted by molar-refractivity contribution is 5.30. The Balaban J connectivity index is 4.47. The second-order valence-electron chi connectivity index (χ2n) is 1.99. The molecule has 9 heavy (non-hydrogen) atoms. The van der Waals surface area contributed by atoms with Gasteiger partial charge < -0.3 is 5.11 Å². The number of aliphatic hydroxyl groups is 1. The molecule has 0 aliphatic rings. The van der Waals surface area contributed by atoms with Gasteiger partial charge in [0, 0.05) is 0 Å². The van der Waals surface area contributed by atoms with Gasteiger partial charge in [0.05, 0.1) is 0 Å². The third kappa shape index (κ3) is 2.17. The molecule has 1 N–H and O–H groups in total. The van der Waals surface area contributed by atoms with E-state index in [0.29, 0.717) is 0 Å². The van der Waals surface area contributed by atoms with Gasteiger partial charge in [-0.1, -0.05) is 18.7 Å². The molecule has 0 unspecified atom stereocenters. The van der Waals surface area contributed by atoms with Crippen LogP contribution in [0.25, 0.3) is 0 Å². The van der Waals surface area contributed by atoms with E-state index >= 15 is 0 Å². The third-order valence-electron chi connectivity index (χ3n) is 1.22. The number of rotatable bonds is 2. The van der Waals surface area contributed by atoms with Crippen LogP contribution < -0.4 is 0 Å². The molecule has 0 aromatic rings. The summed E-state index contributed by atoms with van der Waals surface area (Å²) in [4.78, 5) is 0. The average molecular weight is 124 g/mol. The second-order valence-corrected chi connectivity index (χ2v) is 1.99. The predicted octanol–water partition coefficient (Wildman–Crippen LogP) is 2.58. The summed E-state index contributed by atoms with van der Waals surface area (Å²) in [5.41, 5.74) is 1.66. The van der Waals surface area contributed by atoms with Crippen molar-refractivity contribution < 1.29 is 5.11 Å². The summed E-state index contributed by atoms with van der Waals surface area (Å²) in [5, 5.41) is 9.00.